The van der Waals surface area contributed by atoms with Crippen LogP contribution in [0.5, 0.6) is 0 Å². The molecule has 0 radical (unpaired) electrons. The molecule has 12 heavy (non-hydrogen) atoms. The van der Waals surface area contributed by atoms with Gasteiger partial charge in [-0.2, -0.15) is 0 Å². The topological polar surface area (TPSA) is 26.0 Å². The molecule has 0 aromatic heterocycles. The standard InChI is InChI=1S/C10H12BrN/c1-3-7(2)9-5-4-8(11)6-10(9)12/h3-7H,1,12H2,2H3. The first-order chi connectivity index (χ1) is 5.65. The Kier molecular flexibility index (Phi) is 2.93. The summed E-state index contributed by atoms with van der Waals surface area (Å²) in [6.07, 6.45) is 1.89. The van der Waals surface area contributed by atoms with E-state index in [2.05, 4.69) is 29.4 Å². The molecular weight excluding hydrogens is 214 g/mol. The second-order valence-electron chi connectivity index (χ2n) is 2.80. The molecule has 0 aliphatic heterocycles. The van der Waals surface area contributed by atoms with E-state index in [9.17, 15) is 0 Å². The van der Waals surface area contributed by atoms with Crippen LogP contribution in [0, 0.1) is 0 Å². The zero-order valence-corrected chi connectivity index (χ0v) is 8.64. The van der Waals surface area contributed by atoms with Gasteiger partial charge in [0.2, 0.25) is 0 Å². The summed E-state index contributed by atoms with van der Waals surface area (Å²) < 4.78 is 1.01. The smallest absolute Gasteiger partial charge is 0.0363 e. The van der Waals surface area contributed by atoms with Crippen molar-refractivity contribution in [2.24, 2.45) is 0 Å². The van der Waals surface area contributed by atoms with Crippen LogP contribution in [0.15, 0.2) is 35.3 Å². The van der Waals surface area contributed by atoms with Crippen molar-refractivity contribution in [3.63, 3.8) is 0 Å². The highest BCUT2D eigenvalue weighted by Gasteiger charge is 2.04. The zero-order valence-electron chi connectivity index (χ0n) is 7.05. The molecule has 2 N–H and O–H groups in total. The number of hydrogen-bond acceptors (Lipinski definition) is 1. The average molecular weight is 226 g/mol. The average Bonchev–Trinajstić information content (AvgIpc) is 2.03. The van der Waals surface area contributed by atoms with Crippen LogP contribution in [0.3, 0.4) is 0 Å². The molecule has 0 aliphatic rings. The Bertz CT molecular complexity index is 294. The van der Waals surface area contributed by atoms with E-state index >= 15 is 0 Å². The van der Waals surface area contributed by atoms with Crippen LogP contribution in [0.2, 0.25) is 0 Å². The molecule has 1 aromatic carbocycles. The molecule has 0 amide bonds. The van der Waals surface area contributed by atoms with Gasteiger partial charge in [0.25, 0.3) is 0 Å². The third-order valence-electron chi connectivity index (χ3n) is 1.89. The molecule has 0 heterocycles. The van der Waals surface area contributed by atoms with Crippen LogP contribution in [0.4, 0.5) is 5.69 Å². The van der Waals surface area contributed by atoms with Gasteiger partial charge in [-0.25, -0.2) is 0 Å². The maximum absolute atomic E-state index is 5.82. The molecule has 0 saturated carbocycles. The number of rotatable bonds is 2. The highest BCUT2D eigenvalue weighted by Crippen LogP contribution is 2.25. The Labute approximate surface area is 81.4 Å². The van der Waals surface area contributed by atoms with Gasteiger partial charge in [0, 0.05) is 16.1 Å². The summed E-state index contributed by atoms with van der Waals surface area (Å²) in [7, 11) is 0. The van der Waals surface area contributed by atoms with Crippen LogP contribution in [-0.2, 0) is 0 Å². The lowest BCUT2D eigenvalue weighted by atomic mass is 10.00. The Morgan fingerprint density at radius 3 is 2.75 bits per heavy atom. The van der Waals surface area contributed by atoms with Gasteiger partial charge in [0.1, 0.15) is 0 Å². The first kappa shape index (κ1) is 9.33. The van der Waals surface area contributed by atoms with Gasteiger partial charge in [-0.1, -0.05) is 35.0 Å². The lowest BCUT2D eigenvalue weighted by Gasteiger charge is -2.09. The van der Waals surface area contributed by atoms with E-state index in [0.717, 1.165) is 15.7 Å². The Balaban J connectivity index is 3.09. The molecule has 64 valence electrons. The van der Waals surface area contributed by atoms with Crippen molar-refractivity contribution in [1.29, 1.82) is 0 Å². The maximum Gasteiger partial charge on any atom is 0.0363 e. The molecular formula is C10H12BrN. The van der Waals surface area contributed by atoms with E-state index in [1.807, 2.05) is 24.3 Å². The normalized spacial score (nSPS) is 12.5. The van der Waals surface area contributed by atoms with Crippen molar-refractivity contribution in [2.45, 2.75) is 12.8 Å². The van der Waals surface area contributed by atoms with Crippen LogP contribution in [0.1, 0.15) is 18.4 Å². The summed E-state index contributed by atoms with van der Waals surface area (Å²) in [5.74, 6) is 0.318. The highest BCUT2D eigenvalue weighted by atomic mass is 79.9. The van der Waals surface area contributed by atoms with Gasteiger partial charge in [-0.3, -0.25) is 0 Å². The molecule has 1 nitrogen and oxygen atoms in total. The van der Waals surface area contributed by atoms with Crippen LogP contribution in [-0.4, -0.2) is 0 Å². The van der Waals surface area contributed by atoms with Crippen LogP contribution < -0.4 is 5.73 Å². The maximum atomic E-state index is 5.82. The molecule has 0 spiro atoms. The predicted octanol–water partition coefficient (Wildman–Crippen LogP) is 3.32. The van der Waals surface area contributed by atoms with E-state index in [4.69, 9.17) is 5.73 Å². The number of nitrogen functional groups attached to an aromatic ring is 1. The number of allylic oxidation sites excluding steroid dienone is 1. The lowest BCUT2D eigenvalue weighted by Crippen LogP contribution is -1.96. The minimum Gasteiger partial charge on any atom is -0.398 e. The molecule has 1 aromatic rings. The van der Waals surface area contributed by atoms with Crippen molar-refractivity contribution >= 4 is 21.6 Å². The van der Waals surface area contributed by atoms with Gasteiger partial charge >= 0.3 is 0 Å². The molecule has 2 heteroatoms. The summed E-state index contributed by atoms with van der Waals surface area (Å²) in [6, 6.07) is 5.92. The van der Waals surface area contributed by atoms with Gasteiger partial charge in [0.05, 0.1) is 0 Å². The molecule has 1 rings (SSSR count). The molecule has 0 aliphatic carbocycles. The fourth-order valence-corrected chi connectivity index (χ4v) is 1.47. The highest BCUT2D eigenvalue weighted by molar-refractivity contribution is 9.10. The Hall–Kier alpha value is -0.760. The summed E-state index contributed by atoms with van der Waals surface area (Å²) in [5, 5.41) is 0. The van der Waals surface area contributed by atoms with Gasteiger partial charge < -0.3 is 5.73 Å². The number of nitrogens with two attached hydrogens (primary N) is 1. The molecule has 1 atom stereocenters. The molecule has 1 unspecified atom stereocenters. The number of anilines is 1. The zero-order chi connectivity index (χ0) is 9.14. The van der Waals surface area contributed by atoms with Gasteiger partial charge in [-0.15, -0.1) is 6.58 Å². The first-order valence-electron chi connectivity index (χ1n) is 3.82. The minimum absolute atomic E-state index is 0.318. The fourth-order valence-electron chi connectivity index (χ4n) is 1.09. The third-order valence-corrected chi connectivity index (χ3v) is 2.39. The Morgan fingerprint density at radius 1 is 1.58 bits per heavy atom. The second kappa shape index (κ2) is 3.76. The minimum atomic E-state index is 0.318. The number of halogens is 1. The quantitative estimate of drug-likeness (QED) is 0.607. The summed E-state index contributed by atoms with van der Waals surface area (Å²) in [6.45, 7) is 5.81. The van der Waals surface area contributed by atoms with E-state index in [-0.39, 0.29) is 0 Å². The van der Waals surface area contributed by atoms with Gasteiger partial charge in [0.15, 0.2) is 0 Å². The second-order valence-corrected chi connectivity index (χ2v) is 3.71. The van der Waals surface area contributed by atoms with Crippen molar-refractivity contribution < 1.29 is 0 Å². The number of hydrogen-bond donors (Lipinski definition) is 1. The predicted molar refractivity (Wildman–Crippen MR) is 57.2 cm³/mol. The van der Waals surface area contributed by atoms with E-state index in [1.54, 1.807) is 0 Å². The number of benzene rings is 1. The van der Waals surface area contributed by atoms with E-state index in [0.29, 0.717) is 5.92 Å². The Morgan fingerprint density at radius 2 is 2.25 bits per heavy atom. The van der Waals surface area contributed by atoms with Crippen molar-refractivity contribution in [1.82, 2.24) is 0 Å². The van der Waals surface area contributed by atoms with Gasteiger partial charge in [-0.05, 0) is 17.7 Å². The van der Waals surface area contributed by atoms with Crippen LogP contribution >= 0.6 is 15.9 Å². The summed E-state index contributed by atoms with van der Waals surface area (Å²) in [5.41, 5.74) is 7.77. The fraction of sp³-hybridized carbons (Fsp3) is 0.200. The SMILES string of the molecule is C=CC(C)c1ccc(Br)cc1N. The van der Waals surface area contributed by atoms with Crippen molar-refractivity contribution in [3.8, 4) is 0 Å². The first-order valence-corrected chi connectivity index (χ1v) is 4.62. The van der Waals surface area contributed by atoms with Crippen molar-refractivity contribution in [3.05, 3.63) is 40.9 Å². The molecule has 0 bridgehead atoms. The van der Waals surface area contributed by atoms with E-state index in [1.165, 1.54) is 0 Å². The summed E-state index contributed by atoms with van der Waals surface area (Å²) in [4.78, 5) is 0. The summed E-state index contributed by atoms with van der Waals surface area (Å²) >= 11 is 3.36. The van der Waals surface area contributed by atoms with Crippen molar-refractivity contribution in [2.75, 3.05) is 5.73 Å². The van der Waals surface area contributed by atoms with E-state index < -0.39 is 0 Å². The monoisotopic (exact) mass is 225 g/mol. The molecule has 0 saturated heterocycles. The lowest BCUT2D eigenvalue weighted by molar-refractivity contribution is 0.974. The van der Waals surface area contributed by atoms with Crippen LogP contribution in [0.25, 0.3) is 0 Å². The third kappa shape index (κ3) is 1.89. The molecule has 0 fully saturated rings. The largest absolute Gasteiger partial charge is 0.398 e.